The van der Waals surface area contributed by atoms with Crippen molar-refractivity contribution in [1.82, 2.24) is 4.90 Å². The summed E-state index contributed by atoms with van der Waals surface area (Å²) in [5.74, 6) is -0.524. The third kappa shape index (κ3) is 6.14. The number of amides is 1. The fourth-order valence-corrected chi connectivity index (χ4v) is 4.98. The first-order valence-corrected chi connectivity index (χ1v) is 11.9. The molecule has 2 aromatic rings. The Morgan fingerprint density at radius 1 is 1.07 bits per heavy atom. The average Bonchev–Trinajstić information content (AvgIpc) is 2.68. The van der Waals surface area contributed by atoms with Gasteiger partial charge in [0.05, 0.1) is 22.9 Å². The van der Waals surface area contributed by atoms with Gasteiger partial charge in [0, 0.05) is 31.7 Å². The molecule has 1 amide bonds. The van der Waals surface area contributed by atoms with Crippen molar-refractivity contribution in [3.63, 3.8) is 0 Å². The van der Waals surface area contributed by atoms with E-state index >= 15 is 0 Å². The summed E-state index contributed by atoms with van der Waals surface area (Å²) >= 11 is 0. The molecule has 0 spiro atoms. The van der Waals surface area contributed by atoms with Crippen molar-refractivity contribution in [3.8, 4) is 0 Å². The summed E-state index contributed by atoms with van der Waals surface area (Å²) in [4.78, 5) is 15.0. The molecular formula is C23H30N2O4S. The maximum atomic E-state index is 12.5. The highest BCUT2D eigenvalue weighted by molar-refractivity contribution is 7.91. The molecule has 2 aromatic carbocycles. The number of rotatable bonds is 7. The van der Waals surface area contributed by atoms with E-state index in [2.05, 4.69) is 24.1 Å². The van der Waals surface area contributed by atoms with E-state index in [1.165, 1.54) is 0 Å². The number of benzene rings is 2. The molecule has 1 heterocycles. The number of sulfone groups is 1. The molecular weight excluding hydrogens is 400 g/mol. The van der Waals surface area contributed by atoms with Gasteiger partial charge in [-0.2, -0.15) is 0 Å². The first-order chi connectivity index (χ1) is 14.2. The van der Waals surface area contributed by atoms with Crippen molar-refractivity contribution in [1.29, 1.82) is 0 Å². The van der Waals surface area contributed by atoms with Gasteiger partial charge in [0.15, 0.2) is 9.84 Å². The lowest BCUT2D eigenvalue weighted by Gasteiger charge is -2.35. The summed E-state index contributed by atoms with van der Waals surface area (Å²) in [6.07, 6.45) is 0.251. The van der Waals surface area contributed by atoms with Crippen LogP contribution in [0.15, 0.2) is 53.4 Å². The van der Waals surface area contributed by atoms with Crippen LogP contribution in [0.1, 0.15) is 31.4 Å². The second-order valence-corrected chi connectivity index (χ2v) is 10.1. The van der Waals surface area contributed by atoms with Gasteiger partial charge in [-0.15, -0.1) is 0 Å². The van der Waals surface area contributed by atoms with Gasteiger partial charge in [0.25, 0.3) is 0 Å². The summed E-state index contributed by atoms with van der Waals surface area (Å²) in [5, 5.41) is 2.89. The van der Waals surface area contributed by atoms with Crippen molar-refractivity contribution >= 4 is 21.4 Å². The molecule has 3 rings (SSSR count). The van der Waals surface area contributed by atoms with Crippen LogP contribution >= 0.6 is 0 Å². The lowest BCUT2D eigenvalue weighted by atomic mass is 10.1. The Labute approximate surface area is 179 Å². The summed E-state index contributed by atoms with van der Waals surface area (Å²) in [6, 6.07) is 14.4. The number of morpholine rings is 1. The van der Waals surface area contributed by atoms with Gasteiger partial charge in [-0.05, 0) is 44.5 Å². The summed E-state index contributed by atoms with van der Waals surface area (Å²) < 4.78 is 30.8. The van der Waals surface area contributed by atoms with Crippen LogP contribution in [-0.4, -0.2) is 50.3 Å². The van der Waals surface area contributed by atoms with Crippen molar-refractivity contribution in [2.75, 3.05) is 24.2 Å². The minimum atomic E-state index is -3.49. The molecule has 30 heavy (non-hydrogen) atoms. The summed E-state index contributed by atoms with van der Waals surface area (Å²) in [7, 11) is -3.49. The van der Waals surface area contributed by atoms with Gasteiger partial charge in [0.2, 0.25) is 5.91 Å². The number of para-hydroxylation sites is 1. The molecule has 0 aliphatic carbocycles. The van der Waals surface area contributed by atoms with Crippen LogP contribution < -0.4 is 5.32 Å². The summed E-state index contributed by atoms with van der Waals surface area (Å²) in [5.41, 5.74) is 2.72. The van der Waals surface area contributed by atoms with Gasteiger partial charge in [-0.3, -0.25) is 9.69 Å². The zero-order valence-corrected chi connectivity index (χ0v) is 18.6. The molecule has 6 nitrogen and oxygen atoms in total. The number of hydrogen-bond donors (Lipinski definition) is 1. The third-order valence-electron chi connectivity index (χ3n) is 5.16. The van der Waals surface area contributed by atoms with Crippen LogP contribution in [0, 0.1) is 6.92 Å². The smallest absolute Gasteiger partial charge is 0.225 e. The first-order valence-electron chi connectivity index (χ1n) is 10.3. The highest BCUT2D eigenvalue weighted by Gasteiger charge is 2.23. The highest BCUT2D eigenvalue weighted by atomic mass is 32.2. The number of nitrogens with one attached hydrogen (secondary N) is 1. The quantitative estimate of drug-likeness (QED) is 0.729. The maximum absolute atomic E-state index is 12.5. The number of ether oxygens (including phenoxy) is 1. The van der Waals surface area contributed by atoms with Gasteiger partial charge in [0.1, 0.15) is 0 Å². The number of anilines is 1. The molecule has 1 N–H and O–H groups in total. The number of carbonyl (C=O) groups excluding carboxylic acids is 1. The third-order valence-corrected chi connectivity index (χ3v) is 6.89. The summed E-state index contributed by atoms with van der Waals surface area (Å²) in [6.45, 7) is 8.40. The normalized spacial score (nSPS) is 20.1. The maximum Gasteiger partial charge on any atom is 0.225 e. The van der Waals surface area contributed by atoms with Crippen LogP contribution in [0.25, 0.3) is 0 Å². The van der Waals surface area contributed by atoms with Gasteiger partial charge in [-0.25, -0.2) is 8.42 Å². The SMILES string of the molecule is Cc1ccc(S(=O)(=O)CCC(=O)Nc2ccccc2CN2CC(C)OC(C)C2)cc1. The Hall–Kier alpha value is -2.22. The topological polar surface area (TPSA) is 75.7 Å². The Bertz CT molecular complexity index is 963. The molecule has 162 valence electrons. The highest BCUT2D eigenvalue weighted by Crippen LogP contribution is 2.21. The van der Waals surface area contributed by atoms with Crippen LogP contribution in [0.5, 0.6) is 0 Å². The zero-order valence-electron chi connectivity index (χ0n) is 17.8. The van der Waals surface area contributed by atoms with E-state index in [0.717, 1.165) is 29.9 Å². The fraction of sp³-hybridized carbons (Fsp3) is 0.435. The second kappa shape index (κ2) is 9.73. The van der Waals surface area contributed by atoms with Crippen molar-refractivity contribution in [3.05, 3.63) is 59.7 Å². The van der Waals surface area contributed by atoms with Crippen LogP contribution in [0.3, 0.4) is 0 Å². The lowest BCUT2D eigenvalue weighted by molar-refractivity contribution is -0.115. The largest absolute Gasteiger partial charge is 0.373 e. The minimum absolute atomic E-state index is 0.0871. The number of carbonyl (C=O) groups is 1. The Morgan fingerprint density at radius 3 is 2.37 bits per heavy atom. The number of nitrogens with zero attached hydrogens (tertiary/aromatic N) is 1. The monoisotopic (exact) mass is 430 g/mol. The Morgan fingerprint density at radius 2 is 1.70 bits per heavy atom. The van der Waals surface area contributed by atoms with Gasteiger partial charge < -0.3 is 10.1 Å². The molecule has 1 saturated heterocycles. The standard InChI is InChI=1S/C23H30N2O4S/c1-17-8-10-21(11-9-17)30(27,28)13-12-23(26)24-22-7-5-4-6-20(22)16-25-14-18(2)29-19(3)15-25/h4-11,18-19H,12-16H2,1-3H3,(H,24,26). The molecule has 2 atom stereocenters. The second-order valence-electron chi connectivity index (χ2n) is 8.04. The Balaban J connectivity index is 1.61. The molecule has 1 aliphatic heterocycles. The first kappa shape index (κ1) is 22.5. The number of hydrogen-bond acceptors (Lipinski definition) is 5. The fourth-order valence-electron chi connectivity index (χ4n) is 3.74. The minimum Gasteiger partial charge on any atom is -0.373 e. The van der Waals surface area contributed by atoms with E-state index in [9.17, 15) is 13.2 Å². The molecule has 0 saturated carbocycles. The van der Waals surface area contributed by atoms with E-state index in [1.54, 1.807) is 24.3 Å². The molecule has 0 aromatic heterocycles. The van der Waals surface area contributed by atoms with Crippen molar-refractivity contribution < 1.29 is 17.9 Å². The van der Waals surface area contributed by atoms with E-state index in [4.69, 9.17) is 4.74 Å². The zero-order chi connectivity index (χ0) is 21.7. The van der Waals surface area contributed by atoms with E-state index in [1.807, 2.05) is 31.2 Å². The van der Waals surface area contributed by atoms with Crippen LogP contribution in [0.4, 0.5) is 5.69 Å². The number of aryl methyl sites for hydroxylation is 1. The van der Waals surface area contributed by atoms with Crippen LogP contribution in [0.2, 0.25) is 0 Å². The lowest BCUT2D eigenvalue weighted by Crippen LogP contribution is -2.44. The molecule has 1 aliphatic rings. The molecule has 2 unspecified atom stereocenters. The molecule has 0 bridgehead atoms. The van der Waals surface area contributed by atoms with Crippen molar-refractivity contribution in [2.24, 2.45) is 0 Å². The predicted molar refractivity (Wildman–Crippen MR) is 118 cm³/mol. The molecule has 7 heteroatoms. The average molecular weight is 431 g/mol. The van der Waals surface area contributed by atoms with Crippen LogP contribution in [-0.2, 0) is 25.9 Å². The predicted octanol–water partition coefficient (Wildman–Crippen LogP) is 3.41. The van der Waals surface area contributed by atoms with E-state index in [-0.39, 0.29) is 35.2 Å². The van der Waals surface area contributed by atoms with E-state index in [0.29, 0.717) is 6.54 Å². The van der Waals surface area contributed by atoms with E-state index < -0.39 is 9.84 Å². The van der Waals surface area contributed by atoms with Crippen molar-refractivity contribution in [2.45, 2.75) is 50.8 Å². The van der Waals surface area contributed by atoms with Gasteiger partial charge in [-0.1, -0.05) is 35.9 Å². The molecule has 1 fully saturated rings. The molecule has 0 radical (unpaired) electrons. The Kier molecular flexibility index (Phi) is 7.28. The van der Waals surface area contributed by atoms with Gasteiger partial charge >= 0.3 is 0 Å².